The first-order valence-electron chi connectivity index (χ1n) is 6.91. The molecule has 0 fully saturated rings. The maximum absolute atomic E-state index is 12.7. The minimum Gasteiger partial charge on any atom is -0.481 e. The van der Waals surface area contributed by atoms with Crippen LogP contribution in [0.25, 0.3) is 0 Å². The standard InChI is InChI=1S/C17H20O3/c1-10-8-12(3)15(9-11(10)2)16(18)13-6-4-5-7-14(13)17(19)20/h4-5,8-9,13-14H,6-7H2,1-3H3,(H,19,20). The summed E-state index contributed by atoms with van der Waals surface area (Å²) in [6.07, 6.45) is 4.73. The Labute approximate surface area is 119 Å². The fourth-order valence-corrected chi connectivity index (χ4v) is 2.80. The van der Waals surface area contributed by atoms with Crippen molar-refractivity contribution < 1.29 is 14.7 Å². The van der Waals surface area contributed by atoms with Gasteiger partial charge in [0.05, 0.1) is 5.92 Å². The molecule has 20 heavy (non-hydrogen) atoms. The lowest BCUT2D eigenvalue weighted by molar-refractivity contribution is -0.143. The number of Topliss-reactive ketones (excluding diaryl/α,β-unsaturated/α-hetero) is 1. The van der Waals surface area contributed by atoms with Crippen LogP contribution >= 0.6 is 0 Å². The number of carboxylic acids is 1. The molecule has 3 heteroatoms. The molecule has 1 aliphatic carbocycles. The molecule has 0 bridgehead atoms. The zero-order valence-corrected chi connectivity index (χ0v) is 12.1. The van der Waals surface area contributed by atoms with E-state index in [9.17, 15) is 14.7 Å². The lowest BCUT2D eigenvalue weighted by Gasteiger charge is -2.25. The normalized spacial score (nSPS) is 21.8. The maximum Gasteiger partial charge on any atom is 0.307 e. The minimum atomic E-state index is -0.880. The molecule has 0 saturated heterocycles. The smallest absolute Gasteiger partial charge is 0.307 e. The van der Waals surface area contributed by atoms with E-state index in [2.05, 4.69) is 0 Å². The van der Waals surface area contributed by atoms with Crippen LogP contribution in [-0.2, 0) is 4.79 Å². The van der Waals surface area contributed by atoms with Crippen molar-refractivity contribution in [1.82, 2.24) is 0 Å². The number of ketones is 1. The van der Waals surface area contributed by atoms with Crippen molar-refractivity contribution in [3.05, 3.63) is 46.5 Å². The van der Waals surface area contributed by atoms with E-state index in [1.807, 2.05) is 45.1 Å². The van der Waals surface area contributed by atoms with Crippen LogP contribution in [0, 0.1) is 32.6 Å². The summed E-state index contributed by atoms with van der Waals surface area (Å²) in [7, 11) is 0. The summed E-state index contributed by atoms with van der Waals surface area (Å²) >= 11 is 0. The Kier molecular flexibility index (Phi) is 4.07. The largest absolute Gasteiger partial charge is 0.481 e. The highest BCUT2D eigenvalue weighted by atomic mass is 16.4. The SMILES string of the molecule is Cc1cc(C)c(C(=O)C2CC=CCC2C(=O)O)cc1C. The summed E-state index contributed by atoms with van der Waals surface area (Å²) in [6, 6.07) is 3.89. The molecule has 0 aromatic heterocycles. The molecule has 1 aromatic rings. The highest BCUT2D eigenvalue weighted by molar-refractivity contribution is 6.01. The first kappa shape index (κ1) is 14.5. The summed E-state index contributed by atoms with van der Waals surface area (Å²) in [4.78, 5) is 24.0. The summed E-state index contributed by atoms with van der Waals surface area (Å²) in [5.74, 6) is -1.97. The molecule has 3 nitrogen and oxygen atoms in total. The van der Waals surface area contributed by atoms with Gasteiger partial charge in [-0.1, -0.05) is 18.2 Å². The first-order chi connectivity index (χ1) is 9.41. The average molecular weight is 272 g/mol. The molecular weight excluding hydrogens is 252 g/mol. The van der Waals surface area contributed by atoms with Gasteiger partial charge in [-0.25, -0.2) is 0 Å². The third-order valence-corrected chi connectivity index (χ3v) is 4.19. The predicted octanol–water partition coefficient (Wildman–Crippen LogP) is 3.46. The Hall–Kier alpha value is -1.90. The molecule has 2 unspecified atom stereocenters. The Morgan fingerprint density at radius 3 is 2.10 bits per heavy atom. The number of aliphatic carboxylic acids is 1. The molecule has 106 valence electrons. The topological polar surface area (TPSA) is 54.4 Å². The summed E-state index contributed by atoms with van der Waals surface area (Å²) in [5, 5.41) is 9.29. The van der Waals surface area contributed by atoms with Crippen molar-refractivity contribution in [2.45, 2.75) is 33.6 Å². The lowest BCUT2D eigenvalue weighted by atomic mass is 9.77. The average Bonchev–Trinajstić information content (AvgIpc) is 2.42. The molecule has 0 saturated carbocycles. The van der Waals surface area contributed by atoms with Gasteiger partial charge in [0.2, 0.25) is 0 Å². The lowest BCUT2D eigenvalue weighted by Crippen LogP contribution is -2.31. The van der Waals surface area contributed by atoms with Crippen molar-refractivity contribution in [3.8, 4) is 0 Å². The maximum atomic E-state index is 12.7. The number of carbonyl (C=O) groups excluding carboxylic acids is 1. The Morgan fingerprint density at radius 2 is 1.50 bits per heavy atom. The van der Waals surface area contributed by atoms with Crippen molar-refractivity contribution in [2.75, 3.05) is 0 Å². The zero-order chi connectivity index (χ0) is 14.9. The van der Waals surface area contributed by atoms with E-state index in [1.165, 1.54) is 0 Å². The molecule has 0 spiro atoms. The molecule has 0 amide bonds. The van der Waals surface area contributed by atoms with Gasteiger partial charge in [-0.05, 0) is 56.4 Å². The number of allylic oxidation sites excluding steroid dienone is 2. The van der Waals surface area contributed by atoms with Crippen molar-refractivity contribution in [1.29, 1.82) is 0 Å². The quantitative estimate of drug-likeness (QED) is 0.677. The molecule has 1 N–H and O–H groups in total. The molecular formula is C17H20O3. The number of carboxylic acid groups (broad SMARTS) is 1. The molecule has 0 radical (unpaired) electrons. The van der Waals surface area contributed by atoms with E-state index < -0.39 is 17.8 Å². The van der Waals surface area contributed by atoms with Crippen LogP contribution in [0.3, 0.4) is 0 Å². The van der Waals surface area contributed by atoms with Gasteiger partial charge >= 0.3 is 5.97 Å². The van der Waals surface area contributed by atoms with Gasteiger partial charge < -0.3 is 5.11 Å². The van der Waals surface area contributed by atoms with Crippen LogP contribution in [0.4, 0.5) is 0 Å². The summed E-state index contributed by atoms with van der Waals surface area (Å²) in [6.45, 7) is 5.90. The van der Waals surface area contributed by atoms with E-state index in [1.54, 1.807) is 0 Å². The number of hydrogen-bond donors (Lipinski definition) is 1. The Bertz CT molecular complexity index is 584. The highest BCUT2D eigenvalue weighted by Gasteiger charge is 2.34. The number of rotatable bonds is 3. The number of hydrogen-bond acceptors (Lipinski definition) is 2. The third-order valence-electron chi connectivity index (χ3n) is 4.19. The van der Waals surface area contributed by atoms with Crippen LogP contribution in [0.1, 0.15) is 39.9 Å². The molecule has 0 aliphatic heterocycles. The fraction of sp³-hybridized carbons (Fsp3) is 0.412. The molecule has 2 rings (SSSR count). The highest BCUT2D eigenvalue weighted by Crippen LogP contribution is 2.30. The van der Waals surface area contributed by atoms with E-state index in [4.69, 9.17) is 0 Å². The second-order valence-corrected chi connectivity index (χ2v) is 5.61. The van der Waals surface area contributed by atoms with Crippen molar-refractivity contribution in [3.63, 3.8) is 0 Å². The predicted molar refractivity (Wildman–Crippen MR) is 78.0 cm³/mol. The second-order valence-electron chi connectivity index (χ2n) is 5.61. The molecule has 1 aromatic carbocycles. The van der Waals surface area contributed by atoms with Gasteiger partial charge in [-0.15, -0.1) is 0 Å². The van der Waals surface area contributed by atoms with Crippen LogP contribution in [-0.4, -0.2) is 16.9 Å². The fourth-order valence-electron chi connectivity index (χ4n) is 2.80. The monoisotopic (exact) mass is 272 g/mol. The number of aryl methyl sites for hydroxylation is 3. The zero-order valence-electron chi connectivity index (χ0n) is 12.1. The van der Waals surface area contributed by atoms with Gasteiger partial charge in [0.15, 0.2) is 5.78 Å². The van der Waals surface area contributed by atoms with E-state index in [0.29, 0.717) is 18.4 Å². The van der Waals surface area contributed by atoms with Crippen molar-refractivity contribution >= 4 is 11.8 Å². The molecule has 2 atom stereocenters. The van der Waals surface area contributed by atoms with Crippen LogP contribution in [0.15, 0.2) is 24.3 Å². The minimum absolute atomic E-state index is 0.0395. The Balaban J connectivity index is 2.37. The summed E-state index contributed by atoms with van der Waals surface area (Å²) < 4.78 is 0. The van der Waals surface area contributed by atoms with Gasteiger partial charge in [0, 0.05) is 11.5 Å². The van der Waals surface area contributed by atoms with E-state index in [0.717, 1.165) is 16.7 Å². The van der Waals surface area contributed by atoms with Gasteiger partial charge in [0.1, 0.15) is 0 Å². The Morgan fingerprint density at radius 1 is 0.950 bits per heavy atom. The van der Waals surface area contributed by atoms with E-state index >= 15 is 0 Å². The van der Waals surface area contributed by atoms with Gasteiger partial charge in [0.25, 0.3) is 0 Å². The first-order valence-corrected chi connectivity index (χ1v) is 6.91. The van der Waals surface area contributed by atoms with Crippen molar-refractivity contribution in [2.24, 2.45) is 11.8 Å². The molecule has 0 heterocycles. The summed E-state index contributed by atoms with van der Waals surface area (Å²) in [5.41, 5.74) is 3.81. The van der Waals surface area contributed by atoms with Gasteiger partial charge in [-0.2, -0.15) is 0 Å². The van der Waals surface area contributed by atoms with Crippen LogP contribution in [0.5, 0.6) is 0 Å². The number of carbonyl (C=O) groups is 2. The van der Waals surface area contributed by atoms with E-state index in [-0.39, 0.29) is 5.78 Å². The third kappa shape index (κ3) is 2.67. The second kappa shape index (κ2) is 5.61. The van der Waals surface area contributed by atoms with Crippen LogP contribution in [0.2, 0.25) is 0 Å². The van der Waals surface area contributed by atoms with Crippen LogP contribution < -0.4 is 0 Å². The van der Waals surface area contributed by atoms with Gasteiger partial charge in [-0.3, -0.25) is 9.59 Å². The molecule has 1 aliphatic rings. The number of benzene rings is 1.